The van der Waals surface area contributed by atoms with E-state index in [-0.39, 0.29) is 44.3 Å². The standard InChI is InChI=1S/C26H32F9N3O3/c1-36-9-3-19(4-10-36)40-20-14-17(13-18(15-20)24(27,28)29)16-38-8-2-5-23(38)6-11-37(12-7-23)22(39)41-21(25(30,31)32)26(33,34)35/h13-15,19,21H,2-12,16H2,1H3. The lowest BCUT2D eigenvalue weighted by Crippen LogP contribution is -2.54. The normalized spacial score (nSPS) is 21.6. The van der Waals surface area contributed by atoms with Crippen molar-refractivity contribution in [1.82, 2.24) is 14.7 Å². The number of carbonyl (C=O) groups is 1. The topological polar surface area (TPSA) is 45.2 Å². The van der Waals surface area contributed by atoms with E-state index in [9.17, 15) is 44.3 Å². The fourth-order valence-electron chi connectivity index (χ4n) is 5.91. The molecule has 1 aromatic carbocycles. The maximum Gasteiger partial charge on any atom is 0.434 e. The molecular weight excluding hydrogens is 573 g/mol. The van der Waals surface area contributed by atoms with Gasteiger partial charge in [0.2, 0.25) is 0 Å². The number of piperidine rings is 2. The Morgan fingerprint density at radius 1 is 0.902 bits per heavy atom. The molecule has 0 unspecified atom stereocenters. The van der Waals surface area contributed by atoms with Crippen LogP contribution in [0.2, 0.25) is 0 Å². The zero-order valence-corrected chi connectivity index (χ0v) is 22.3. The average Bonchev–Trinajstić information content (AvgIpc) is 3.23. The molecule has 4 rings (SSSR count). The fourth-order valence-corrected chi connectivity index (χ4v) is 5.91. The highest BCUT2D eigenvalue weighted by Crippen LogP contribution is 2.42. The number of hydrogen-bond donors (Lipinski definition) is 0. The molecule has 0 N–H and O–H groups in total. The van der Waals surface area contributed by atoms with E-state index in [0.29, 0.717) is 37.8 Å². The van der Waals surface area contributed by atoms with Gasteiger partial charge in [0.1, 0.15) is 11.9 Å². The molecule has 232 valence electrons. The minimum Gasteiger partial charge on any atom is -0.490 e. The van der Waals surface area contributed by atoms with Gasteiger partial charge in [-0.05, 0) is 75.9 Å². The first-order valence-corrected chi connectivity index (χ1v) is 13.4. The van der Waals surface area contributed by atoms with E-state index in [1.54, 1.807) is 6.07 Å². The summed E-state index contributed by atoms with van der Waals surface area (Å²) in [5.74, 6) is 0.124. The summed E-state index contributed by atoms with van der Waals surface area (Å²) in [6.07, 6.45) is -19.2. The molecule has 6 nitrogen and oxygen atoms in total. The Bertz CT molecular complexity index is 1050. The molecule has 3 aliphatic heterocycles. The van der Waals surface area contributed by atoms with Crippen LogP contribution in [0.3, 0.4) is 0 Å². The molecule has 1 amide bonds. The van der Waals surface area contributed by atoms with Crippen molar-refractivity contribution in [2.24, 2.45) is 0 Å². The summed E-state index contributed by atoms with van der Waals surface area (Å²) >= 11 is 0. The van der Waals surface area contributed by atoms with Crippen molar-refractivity contribution in [1.29, 1.82) is 0 Å². The second kappa shape index (κ2) is 11.7. The third kappa shape index (κ3) is 7.70. The zero-order valence-electron chi connectivity index (χ0n) is 22.3. The predicted molar refractivity (Wildman–Crippen MR) is 128 cm³/mol. The van der Waals surface area contributed by atoms with E-state index >= 15 is 0 Å². The van der Waals surface area contributed by atoms with Crippen molar-refractivity contribution < 1.29 is 53.8 Å². The number of likely N-dealkylation sites (tertiary alicyclic amines) is 3. The Labute approximate surface area is 231 Å². The summed E-state index contributed by atoms with van der Waals surface area (Å²) in [6.45, 7) is 1.92. The first-order chi connectivity index (χ1) is 19.0. The summed E-state index contributed by atoms with van der Waals surface area (Å²) in [4.78, 5) is 17.1. The zero-order chi connectivity index (χ0) is 30.2. The molecule has 0 aromatic heterocycles. The Balaban J connectivity index is 1.44. The van der Waals surface area contributed by atoms with E-state index in [0.717, 1.165) is 30.1 Å². The van der Waals surface area contributed by atoms with Gasteiger partial charge in [-0.3, -0.25) is 4.90 Å². The summed E-state index contributed by atoms with van der Waals surface area (Å²) < 4.78 is 128. The summed E-state index contributed by atoms with van der Waals surface area (Å²) in [6, 6.07) is 3.63. The van der Waals surface area contributed by atoms with Gasteiger partial charge < -0.3 is 19.3 Å². The third-order valence-electron chi connectivity index (χ3n) is 8.14. The lowest BCUT2D eigenvalue weighted by atomic mass is 9.85. The van der Waals surface area contributed by atoms with Crippen LogP contribution in [0.4, 0.5) is 44.3 Å². The van der Waals surface area contributed by atoms with Crippen molar-refractivity contribution in [3.05, 3.63) is 29.3 Å². The van der Waals surface area contributed by atoms with Crippen LogP contribution < -0.4 is 4.74 Å². The van der Waals surface area contributed by atoms with Crippen LogP contribution in [0.5, 0.6) is 5.75 Å². The Morgan fingerprint density at radius 3 is 2.07 bits per heavy atom. The molecule has 1 aromatic rings. The van der Waals surface area contributed by atoms with Crippen LogP contribution >= 0.6 is 0 Å². The van der Waals surface area contributed by atoms with Gasteiger partial charge in [0.05, 0.1) is 5.56 Å². The van der Waals surface area contributed by atoms with E-state index in [1.165, 1.54) is 0 Å². The lowest BCUT2D eigenvalue weighted by molar-refractivity contribution is -0.308. The highest BCUT2D eigenvalue weighted by Gasteiger charge is 2.60. The molecule has 41 heavy (non-hydrogen) atoms. The number of rotatable bonds is 5. The van der Waals surface area contributed by atoms with Gasteiger partial charge in [-0.1, -0.05) is 0 Å². The molecule has 3 saturated heterocycles. The summed E-state index contributed by atoms with van der Waals surface area (Å²) in [5.41, 5.74) is -1.02. The predicted octanol–water partition coefficient (Wildman–Crippen LogP) is 6.24. The highest BCUT2D eigenvalue weighted by molar-refractivity contribution is 5.68. The second-order valence-electron chi connectivity index (χ2n) is 11.1. The molecule has 0 aliphatic carbocycles. The molecule has 0 atom stereocenters. The van der Waals surface area contributed by atoms with E-state index < -0.39 is 41.8 Å². The average molecular weight is 606 g/mol. The van der Waals surface area contributed by atoms with Crippen LogP contribution in [-0.4, -0.2) is 90.7 Å². The van der Waals surface area contributed by atoms with Gasteiger partial charge in [0, 0.05) is 38.3 Å². The number of halogens is 9. The Kier molecular flexibility index (Phi) is 8.99. The Morgan fingerprint density at radius 2 is 1.51 bits per heavy atom. The van der Waals surface area contributed by atoms with Crippen molar-refractivity contribution >= 4 is 6.09 Å². The minimum atomic E-state index is -5.81. The monoisotopic (exact) mass is 605 g/mol. The van der Waals surface area contributed by atoms with Crippen molar-refractivity contribution in [3.8, 4) is 5.75 Å². The molecular formula is C26H32F9N3O3. The maximum atomic E-state index is 13.7. The van der Waals surface area contributed by atoms with Crippen molar-refractivity contribution in [2.45, 2.75) is 81.3 Å². The first kappa shape index (κ1) is 31.5. The van der Waals surface area contributed by atoms with E-state index in [1.807, 2.05) is 11.9 Å². The number of ether oxygens (including phenoxy) is 2. The molecule has 3 fully saturated rings. The molecule has 15 heteroatoms. The SMILES string of the molecule is CN1CCC(Oc2cc(CN3CCCC34CCN(C(=O)OC(C(F)(F)F)C(F)(F)F)CC4)cc(C(F)(F)F)c2)CC1. The number of benzene rings is 1. The number of nitrogens with zero attached hydrogens (tertiary/aromatic N) is 3. The summed E-state index contributed by atoms with van der Waals surface area (Å²) in [5, 5.41) is 0. The van der Waals surface area contributed by atoms with Gasteiger partial charge in [-0.15, -0.1) is 0 Å². The number of amides is 1. The first-order valence-electron chi connectivity index (χ1n) is 13.4. The highest BCUT2D eigenvalue weighted by atomic mass is 19.4. The molecule has 3 heterocycles. The van der Waals surface area contributed by atoms with Crippen LogP contribution in [0.1, 0.15) is 49.7 Å². The van der Waals surface area contributed by atoms with Crippen LogP contribution in [0.15, 0.2) is 18.2 Å². The largest absolute Gasteiger partial charge is 0.490 e. The molecule has 0 saturated carbocycles. The molecule has 3 aliphatic rings. The maximum absolute atomic E-state index is 13.7. The Hall–Kier alpha value is -2.42. The van der Waals surface area contributed by atoms with Crippen LogP contribution in [-0.2, 0) is 17.5 Å². The molecule has 0 bridgehead atoms. The van der Waals surface area contributed by atoms with Gasteiger partial charge in [-0.25, -0.2) is 4.79 Å². The quantitative estimate of drug-likeness (QED) is 0.372. The van der Waals surface area contributed by atoms with Gasteiger partial charge >= 0.3 is 24.6 Å². The molecule has 1 spiro atoms. The lowest BCUT2D eigenvalue weighted by Gasteiger charge is -2.45. The van der Waals surface area contributed by atoms with Gasteiger partial charge in [0.15, 0.2) is 0 Å². The summed E-state index contributed by atoms with van der Waals surface area (Å²) in [7, 11) is 1.96. The number of hydrogen-bond acceptors (Lipinski definition) is 5. The van der Waals surface area contributed by atoms with Crippen LogP contribution in [0.25, 0.3) is 0 Å². The van der Waals surface area contributed by atoms with Crippen LogP contribution in [0, 0.1) is 0 Å². The van der Waals surface area contributed by atoms with Gasteiger partial charge in [-0.2, -0.15) is 39.5 Å². The van der Waals surface area contributed by atoms with E-state index in [4.69, 9.17) is 4.74 Å². The van der Waals surface area contributed by atoms with Gasteiger partial charge in [0.25, 0.3) is 6.10 Å². The third-order valence-corrected chi connectivity index (χ3v) is 8.14. The van der Waals surface area contributed by atoms with Crippen molar-refractivity contribution in [3.63, 3.8) is 0 Å². The van der Waals surface area contributed by atoms with E-state index in [2.05, 4.69) is 9.64 Å². The number of carbonyl (C=O) groups excluding carboxylic acids is 1. The fraction of sp³-hybridized carbons (Fsp3) is 0.731. The van der Waals surface area contributed by atoms with Crippen molar-refractivity contribution in [2.75, 3.05) is 39.8 Å². The number of alkyl halides is 9. The molecule has 0 radical (unpaired) electrons. The minimum absolute atomic E-state index is 0.124. The second-order valence-corrected chi connectivity index (χ2v) is 11.1. The smallest absolute Gasteiger partial charge is 0.434 e.